The van der Waals surface area contributed by atoms with Gasteiger partial charge in [0.2, 0.25) is 0 Å². The average molecular weight is 258 g/mol. The van der Waals surface area contributed by atoms with Crippen molar-refractivity contribution in [2.75, 3.05) is 0 Å². The van der Waals surface area contributed by atoms with Crippen LogP contribution in [0.1, 0.15) is 31.2 Å². The number of non-ortho nitro benzene ring substituents is 1. The van der Waals surface area contributed by atoms with Gasteiger partial charge < -0.3 is 5.11 Å². The fourth-order valence-corrected chi connectivity index (χ4v) is 1.82. The number of hydrogen-bond acceptors (Lipinski definition) is 3. The summed E-state index contributed by atoms with van der Waals surface area (Å²) in [6, 6.07) is 4.19. The van der Waals surface area contributed by atoms with Gasteiger partial charge >= 0.3 is 5.97 Å². The van der Waals surface area contributed by atoms with Crippen molar-refractivity contribution in [2.24, 2.45) is 0 Å². The summed E-state index contributed by atoms with van der Waals surface area (Å²) in [5, 5.41) is 19.6. The second-order valence-corrected chi connectivity index (χ2v) is 4.20. The highest BCUT2D eigenvalue weighted by atomic mass is 35.5. The van der Waals surface area contributed by atoms with E-state index in [1.807, 2.05) is 0 Å². The largest absolute Gasteiger partial charge is 0.481 e. The summed E-state index contributed by atoms with van der Waals surface area (Å²) >= 11 is 5.94. The van der Waals surface area contributed by atoms with Gasteiger partial charge in [0.05, 0.1) is 4.92 Å². The fourth-order valence-electron chi connectivity index (χ4n) is 1.52. The number of carbonyl (C=O) groups is 1. The summed E-state index contributed by atoms with van der Waals surface area (Å²) in [6.07, 6.45) is 0.413. The molecule has 0 aliphatic rings. The lowest BCUT2D eigenvalue weighted by Crippen LogP contribution is -2.01. The number of hydrogen-bond donors (Lipinski definition) is 1. The van der Waals surface area contributed by atoms with Crippen LogP contribution < -0.4 is 0 Å². The molecule has 0 radical (unpaired) electrons. The van der Waals surface area contributed by atoms with Gasteiger partial charge in [-0.1, -0.05) is 18.5 Å². The van der Waals surface area contributed by atoms with Crippen LogP contribution in [-0.2, 0) is 4.79 Å². The lowest BCUT2D eigenvalue weighted by molar-refractivity contribution is -0.384. The second kappa shape index (κ2) is 5.63. The van der Waals surface area contributed by atoms with Crippen LogP contribution in [-0.4, -0.2) is 16.0 Å². The van der Waals surface area contributed by atoms with Crippen LogP contribution in [0, 0.1) is 10.1 Å². The minimum absolute atomic E-state index is 0.0141. The Morgan fingerprint density at radius 1 is 1.59 bits per heavy atom. The van der Waals surface area contributed by atoms with E-state index in [1.165, 1.54) is 18.2 Å². The third-order valence-electron chi connectivity index (χ3n) is 2.51. The predicted octanol–water partition coefficient (Wildman–Crippen LogP) is 3.22. The van der Waals surface area contributed by atoms with Gasteiger partial charge in [0.25, 0.3) is 5.69 Å². The maximum atomic E-state index is 10.6. The second-order valence-electron chi connectivity index (χ2n) is 3.80. The Morgan fingerprint density at radius 2 is 2.24 bits per heavy atom. The molecule has 0 fully saturated rings. The number of nitro benzene ring substituents is 1. The molecule has 0 saturated heterocycles. The fraction of sp³-hybridized carbons (Fsp3) is 0.364. The standard InChI is InChI=1S/C11H12ClNO4/c1-7(2-5-11(14)15)9-6-8(13(16)17)3-4-10(9)12/h3-4,6-7H,2,5H2,1H3,(H,14,15). The summed E-state index contributed by atoms with van der Waals surface area (Å²) in [5.41, 5.74) is 0.577. The molecule has 0 amide bonds. The topological polar surface area (TPSA) is 80.4 Å². The van der Waals surface area contributed by atoms with Crippen LogP contribution in [0.2, 0.25) is 5.02 Å². The van der Waals surface area contributed by atoms with Crippen molar-refractivity contribution in [1.29, 1.82) is 0 Å². The molecule has 0 heterocycles. The molecule has 1 aromatic carbocycles. The van der Waals surface area contributed by atoms with Gasteiger partial charge in [0, 0.05) is 23.6 Å². The van der Waals surface area contributed by atoms with E-state index in [2.05, 4.69) is 0 Å². The van der Waals surface area contributed by atoms with Crippen LogP contribution in [0.4, 0.5) is 5.69 Å². The van der Waals surface area contributed by atoms with Crippen molar-refractivity contribution in [3.63, 3.8) is 0 Å². The number of rotatable bonds is 5. The highest BCUT2D eigenvalue weighted by Crippen LogP contribution is 2.30. The maximum absolute atomic E-state index is 10.6. The Kier molecular flexibility index (Phi) is 4.45. The molecule has 1 atom stereocenters. The van der Waals surface area contributed by atoms with Crippen LogP contribution in [0.25, 0.3) is 0 Å². The van der Waals surface area contributed by atoms with E-state index in [1.54, 1.807) is 6.92 Å². The maximum Gasteiger partial charge on any atom is 0.303 e. The number of carboxylic acid groups (broad SMARTS) is 1. The third kappa shape index (κ3) is 3.71. The van der Waals surface area contributed by atoms with Crippen molar-refractivity contribution < 1.29 is 14.8 Å². The van der Waals surface area contributed by atoms with E-state index in [0.717, 1.165) is 0 Å². The molecule has 1 unspecified atom stereocenters. The van der Waals surface area contributed by atoms with Crippen LogP contribution in [0.3, 0.4) is 0 Å². The molecule has 1 aromatic rings. The first-order chi connectivity index (χ1) is 7.91. The Morgan fingerprint density at radius 3 is 2.76 bits per heavy atom. The normalized spacial score (nSPS) is 12.1. The van der Waals surface area contributed by atoms with Gasteiger partial charge in [0.1, 0.15) is 0 Å². The van der Waals surface area contributed by atoms with Crippen molar-refractivity contribution in [2.45, 2.75) is 25.7 Å². The van der Waals surface area contributed by atoms with Gasteiger partial charge in [-0.25, -0.2) is 0 Å². The Bertz CT molecular complexity index is 447. The number of carboxylic acids is 1. The van der Waals surface area contributed by atoms with Gasteiger partial charge in [-0.05, 0) is 24.0 Å². The monoisotopic (exact) mass is 257 g/mol. The number of aliphatic carboxylic acids is 1. The summed E-state index contributed by atoms with van der Waals surface area (Å²) in [7, 11) is 0. The lowest BCUT2D eigenvalue weighted by atomic mass is 9.96. The summed E-state index contributed by atoms with van der Waals surface area (Å²) in [6.45, 7) is 1.80. The number of halogens is 1. The van der Waals surface area contributed by atoms with Gasteiger partial charge in [-0.2, -0.15) is 0 Å². The Hall–Kier alpha value is -1.62. The minimum atomic E-state index is -0.890. The molecular weight excluding hydrogens is 246 g/mol. The van der Waals surface area contributed by atoms with E-state index in [-0.39, 0.29) is 18.0 Å². The summed E-state index contributed by atoms with van der Waals surface area (Å²) < 4.78 is 0. The van der Waals surface area contributed by atoms with Gasteiger partial charge in [0.15, 0.2) is 0 Å². The average Bonchev–Trinajstić information content (AvgIpc) is 2.26. The molecule has 6 heteroatoms. The first-order valence-electron chi connectivity index (χ1n) is 5.07. The number of nitrogens with zero attached hydrogens (tertiary/aromatic N) is 1. The molecule has 1 N–H and O–H groups in total. The lowest BCUT2D eigenvalue weighted by Gasteiger charge is -2.12. The molecule has 0 spiro atoms. The van der Waals surface area contributed by atoms with Crippen molar-refractivity contribution in [1.82, 2.24) is 0 Å². The van der Waals surface area contributed by atoms with Gasteiger partial charge in [-0.15, -0.1) is 0 Å². The minimum Gasteiger partial charge on any atom is -0.481 e. The van der Waals surface area contributed by atoms with E-state index < -0.39 is 10.9 Å². The number of nitro groups is 1. The highest BCUT2D eigenvalue weighted by Gasteiger charge is 2.15. The Balaban J connectivity index is 2.91. The summed E-state index contributed by atoms with van der Waals surface area (Å²) in [4.78, 5) is 20.6. The van der Waals surface area contributed by atoms with Crippen LogP contribution >= 0.6 is 11.6 Å². The first-order valence-corrected chi connectivity index (χ1v) is 5.45. The van der Waals surface area contributed by atoms with Crippen LogP contribution in [0.5, 0.6) is 0 Å². The quantitative estimate of drug-likeness (QED) is 0.649. The number of benzene rings is 1. The molecule has 1 rings (SSSR count). The van der Waals surface area contributed by atoms with Crippen LogP contribution in [0.15, 0.2) is 18.2 Å². The zero-order chi connectivity index (χ0) is 13.0. The molecule has 0 aliphatic heterocycles. The molecule has 0 bridgehead atoms. The third-order valence-corrected chi connectivity index (χ3v) is 2.86. The van der Waals surface area contributed by atoms with E-state index >= 15 is 0 Å². The smallest absolute Gasteiger partial charge is 0.303 e. The van der Waals surface area contributed by atoms with Crippen molar-refractivity contribution >= 4 is 23.3 Å². The van der Waals surface area contributed by atoms with Crippen molar-refractivity contribution in [3.8, 4) is 0 Å². The molecule has 5 nitrogen and oxygen atoms in total. The van der Waals surface area contributed by atoms with Gasteiger partial charge in [-0.3, -0.25) is 14.9 Å². The molecule has 0 aliphatic carbocycles. The predicted molar refractivity (Wildman–Crippen MR) is 63.4 cm³/mol. The van der Waals surface area contributed by atoms with E-state index in [4.69, 9.17) is 16.7 Å². The highest BCUT2D eigenvalue weighted by molar-refractivity contribution is 6.31. The molecule has 92 valence electrons. The summed E-state index contributed by atoms with van der Waals surface area (Å²) in [5.74, 6) is -1.02. The van der Waals surface area contributed by atoms with E-state index in [9.17, 15) is 14.9 Å². The zero-order valence-electron chi connectivity index (χ0n) is 9.22. The molecule has 0 aromatic heterocycles. The molecule has 17 heavy (non-hydrogen) atoms. The molecular formula is C11H12ClNO4. The Labute approximate surface area is 103 Å². The van der Waals surface area contributed by atoms with Crippen molar-refractivity contribution in [3.05, 3.63) is 38.9 Å². The molecule has 0 saturated carbocycles. The van der Waals surface area contributed by atoms with E-state index in [0.29, 0.717) is 17.0 Å². The SMILES string of the molecule is CC(CCC(=O)O)c1cc([N+](=O)[O-])ccc1Cl. The zero-order valence-corrected chi connectivity index (χ0v) is 9.98. The first kappa shape index (κ1) is 13.4.